The molecule has 2 aliphatic heterocycles. The van der Waals surface area contributed by atoms with Gasteiger partial charge in [-0.25, -0.2) is 12.8 Å². The lowest BCUT2D eigenvalue weighted by Gasteiger charge is -2.47. The molecule has 0 saturated carbocycles. The predicted molar refractivity (Wildman–Crippen MR) is 148 cm³/mol. The van der Waals surface area contributed by atoms with E-state index < -0.39 is 63.7 Å². The van der Waals surface area contributed by atoms with E-state index in [1.54, 1.807) is 48.5 Å². The highest BCUT2D eigenvalue weighted by molar-refractivity contribution is 7.93. The molecule has 0 bridgehead atoms. The Labute approximate surface area is 240 Å². The van der Waals surface area contributed by atoms with Crippen LogP contribution < -0.4 is 4.31 Å². The van der Waals surface area contributed by atoms with Crippen LogP contribution in [0.1, 0.15) is 30.2 Å². The molecule has 3 aromatic carbocycles. The van der Waals surface area contributed by atoms with E-state index in [0.717, 1.165) is 10.4 Å². The van der Waals surface area contributed by atoms with Gasteiger partial charge >= 0.3 is 5.97 Å². The van der Waals surface area contributed by atoms with Gasteiger partial charge in [-0.2, -0.15) is 0 Å². The Balaban J connectivity index is 1.66. The van der Waals surface area contributed by atoms with Crippen LogP contribution >= 0.6 is 23.2 Å². The summed E-state index contributed by atoms with van der Waals surface area (Å²) in [5.74, 6) is -4.39. The summed E-state index contributed by atoms with van der Waals surface area (Å²) in [6, 6.07) is 17.1. The zero-order valence-corrected chi connectivity index (χ0v) is 23.5. The number of morpholine rings is 1. The molecular weight excluding hydrogens is 582 g/mol. The molecule has 5 atom stereocenters. The van der Waals surface area contributed by atoms with Crippen molar-refractivity contribution in [3.05, 3.63) is 99.8 Å². The fourth-order valence-corrected chi connectivity index (χ4v) is 7.39. The number of hydrogen-bond acceptors (Lipinski definition) is 5. The number of ether oxygens (including phenoxy) is 1. The van der Waals surface area contributed by atoms with Crippen molar-refractivity contribution in [1.82, 2.24) is 4.90 Å². The lowest BCUT2D eigenvalue weighted by atomic mass is 9.88. The summed E-state index contributed by atoms with van der Waals surface area (Å²) < 4.78 is 48.6. The maximum absolute atomic E-state index is 14.7. The van der Waals surface area contributed by atoms with Crippen molar-refractivity contribution >= 4 is 50.8 Å². The Morgan fingerprint density at radius 1 is 1.02 bits per heavy atom. The van der Waals surface area contributed by atoms with Gasteiger partial charge < -0.3 is 14.7 Å². The first kappa shape index (κ1) is 28.4. The molecule has 8 nitrogen and oxygen atoms in total. The summed E-state index contributed by atoms with van der Waals surface area (Å²) in [5.41, 5.74) is 1.03. The van der Waals surface area contributed by atoms with Crippen LogP contribution in [0.25, 0.3) is 0 Å². The van der Waals surface area contributed by atoms with Crippen molar-refractivity contribution in [2.45, 2.75) is 31.2 Å². The number of carboxylic acid groups (broad SMARTS) is 1. The minimum Gasteiger partial charge on any atom is -0.481 e. The minimum atomic E-state index is -4.04. The Hall–Kier alpha value is -3.18. The fraction of sp³-hybridized carbons (Fsp3) is 0.286. The fourth-order valence-electron chi connectivity index (χ4n) is 5.29. The van der Waals surface area contributed by atoms with Crippen LogP contribution in [-0.2, 0) is 24.3 Å². The summed E-state index contributed by atoms with van der Waals surface area (Å²) in [6.07, 6.45) is -2.33. The molecule has 2 aliphatic rings. The molecule has 210 valence electrons. The van der Waals surface area contributed by atoms with Crippen LogP contribution in [0.3, 0.4) is 0 Å². The number of anilines is 1. The zero-order chi connectivity index (χ0) is 28.8. The lowest BCUT2D eigenvalue weighted by Crippen LogP contribution is -2.58. The number of amides is 1. The van der Waals surface area contributed by atoms with E-state index in [1.165, 1.54) is 30.0 Å². The van der Waals surface area contributed by atoms with Crippen LogP contribution in [0.2, 0.25) is 10.0 Å². The van der Waals surface area contributed by atoms with Crippen molar-refractivity contribution in [2.24, 2.45) is 5.92 Å². The highest BCUT2D eigenvalue weighted by Crippen LogP contribution is 2.46. The molecule has 40 heavy (non-hydrogen) atoms. The van der Waals surface area contributed by atoms with Gasteiger partial charge in [0.15, 0.2) is 0 Å². The molecule has 3 aromatic rings. The van der Waals surface area contributed by atoms with E-state index in [0.29, 0.717) is 21.2 Å². The van der Waals surface area contributed by atoms with E-state index in [2.05, 4.69) is 0 Å². The van der Waals surface area contributed by atoms with Crippen LogP contribution in [0.5, 0.6) is 0 Å². The minimum absolute atomic E-state index is 0.129. The van der Waals surface area contributed by atoms with Crippen LogP contribution in [0, 0.1) is 11.7 Å². The molecular formula is C28H25Cl2FN2O6S. The highest BCUT2D eigenvalue weighted by atomic mass is 35.5. The SMILES string of the molecule is C[C@H](C(=O)O)[C@H]1O[C@H](c2cccc(Cl)c2)[C@@H](c2ccc(Cl)cc2)N([C@@H]2CN(c3ccccc3F)S(=O)(=O)C2)C1=O. The number of nitrogens with zero attached hydrogens (tertiary/aromatic N) is 2. The number of halogens is 3. The van der Waals surface area contributed by atoms with Crippen LogP contribution in [0.4, 0.5) is 10.1 Å². The van der Waals surface area contributed by atoms with Crippen molar-refractivity contribution < 1.29 is 32.2 Å². The maximum Gasteiger partial charge on any atom is 0.309 e. The van der Waals surface area contributed by atoms with Crippen LogP contribution in [-0.4, -0.2) is 54.7 Å². The molecule has 0 unspecified atom stereocenters. The van der Waals surface area contributed by atoms with Gasteiger partial charge in [-0.3, -0.25) is 13.9 Å². The number of sulfonamides is 1. The summed E-state index contributed by atoms with van der Waals surface area (Å²) in [6.45, 7) is 1.13. The molecule has 5 rings (SSSR count). The summed E-state index contributed by atoms with van der Waals surface area (Å²) in [4.78, 5) is 27.5. The Morgan fingerprint density at radius 2 is 1.73 bits per heavy atom. The second kappa shape index (κ2) is 11.0. The monoisotopic (exact) mass is 606 g/mol. The smallest absolute Gasteiger partial charge is 0.309 e. The number of benzene rings is 3. The number of para-hydroxylation sites is 1. The first-order valence-corrected chi connectivity index (χ1v) is 14.8. The number of carbonyl (C=O) groups is 2. The molecule has 12 heteroatoms. The van der Waals surface area contributed by atoms with Gasteiger partial charge in [0, 0.05) is 10.0 Å². The molecule has 0 aromatic heterocycles. The van der Waals surface area contributed by atoms with Gasteiger partial charge in [-0.15, -0.1) is 0 Å². The van der Waals surface area contributed by atoms with Gasteiger partial charge in [0.25, 0.3) is 5.91 Å². The summed E-state index contributed by atoms with van der Waals surface area (Å²) in [5, 5.41) is 10.6. The second-order valence-electron chi connectivity index (χ2n) is 9.82. The number of rotatable bonds is 6. The molecule has 0 spiro atoms. The number of carbonyl (C=O) groups excluding carboxylic acids is 1. The summed E-state index contributed by atoms with van der Waals surface area (Å²) in [7, 11) is -4.04. The number of hydrogen-bond donors (Lipinski definition) is 1. The lowest BCUT2D eigenvalue weighted by molar-refractivity contribution is -0.189. The van der Waals surface area contributed by atoms with E-state index in [4.69, 9.17) is 27.9 Å². The van der Waals surface area contributed by atoms with Gasteiger partial charge in [0.2, 0.25) is 10.0 Å². The average Bonchev–Trinajstić information content (AvgIpc) is 3.23. The third kappa shape index (κ3) is 5.28. The van der Waals surface area contributed by atoms with E-state index in [9.17, 15) is 27.5 Å². The van der Waals surface area contributed by atoms with Crippen molar-refractivity contribution in [3.8, 4) is 0 Å². The normalized spacial score (nSPS) is 25.1. The maximum atomic E-state index is 14.7. The van der Waals surface area contributed by atoms with Gasteiger partial charge in [0.1, 0.15) is 18.0 Å². The average molecular weight is 607 g/mol. The van der Waals surface area contributed by atoms with Crippen molar-refractivity contribution in [2.75, 3.05) is 16.6 Å². The Kier molecular flexibility index (Phi) is 7.80. The molecule has 1 amide bonds. The number of carboxylic acids is 1. The Morgan fingerprint density at radius 3 is 2.38 bits per heavy atom. The third-order valence-electron chi connectivity index (χ3n) is 7.24. The van der Waals surface area contributed by atoms with Crippen molar-refractivity contribution in [3.63, 3.8) is 0 Å². The van der Waals surface area contributed by atoms with Gasteiger partial charge in [0.05, 0.1) is 36.0 Å². The van der Waals surface area contributed by atoms with Gasteiger partial charge in [-0.1, -0.05) is 59.6 Å². The largest absolute Gasteiger partial charge is 0.481 e. The quantitative estimate of drug-likeness (QED) is 0.419. The van der Waals surface area contributed by atoms with Gasteiger partial charge in [-0.05, 0) is 54.4 Å². The molecule has 2 saturated heterocycles. The zero-order valence-electron chi connectivity index (χ0n) is 21.2. The molecule has 2 fully saturated rings. The van der Waals surface area contributed by atoms with E-state index in [-0.39, 0.29) is 12.2 Å². The summed E-state index contributed by atoms with van der Waals surface area (Å²) >= 11 is 12.4. The predicted octanol–water partition coefficient (Wildman–Crippen LogP) is 5.08. The molecule has 0 aliphatic carbocycles. The Bertz CT molecular complexity index is 1550. The first-order valence-electron chi connectivity index (χ1n) is 12.4. The topological polar surface area (TPSA) is 104 Å². The standard InChI is InChI=1S/C28H25Cl2FN2O6S/c1-16(28(35)36)25-27(34)33(21-14-32(40(37,38)15-21)23-8-3-2-7-22(23)31)24(17-9-11-19(29)12-10-17)26(39-25)18-5-4-6-20(30)13-18/h2-13,16,21,24-26H,14-15H2,1H3,(H,35,36)/t16-,21+,24+,25+,26+/m0/s1. The molecule has 0 radical (unpaired) electrons. The van der Waals surface area contributed by atoms with E-state index in [1.807, 2.05) is 0 Å². The molecule has 1 N–H and O–H groups in total. The molecule has 2 heterocycles. The second-order valence-corrected chi connectivity index (χ2v) is 12.6. The highest BCUT2D eigenvalue weighted by Gasteiger charge is 2.53. The first-order chi connectivity index (χ1) is 19.0. The third-order valence-corrected chi connectivity index (χ3v) is 9.55. The number of aliphatic carboxylic acids is 1. The van der Waals surface area contributed by atoms with E-state index >= 15 is 0 Å². The van der Waals surface area contributed by atoms with Crippen LogP contribution in [0.15, 0.2) is 72.8 Å². The van der Waals surface area contributed by atoms with Crippen molar-refractivity contribution in [1.29, 1.82) is 0 Å².